The maximum absolute atomic E-state index is 12.3. The van der Waals surface area contributed by atoms with Crippen molar-refractivity contribution in [3.8, 4) is 17.2 Å². The molecule has 0 radical (unpaired) electrons. The van der Waals surface area contributed by atoms with Crippen LogP contribution < -0.4 is 19.6 Å². The van der Waals surface area contributed by atoms with Gasteiger partial charge in [-0.05, 0) is 80.4 Å². The smallest absolute Gasteiger partial charge is 0.271 e. The van der Waals surface area contributed by atoms with Crippen molar-refractivity contribution in [2.75, 3.05) is 40.0 Å². The van der Waals surface area contributed by atoms with E-state index in [9.17, 15) is 4.79 Å². The van der Waals surface area contributed by atoms with Crippen molar-refractivity contribution in [1.29, 1.82) is 0 Å². The molecule has 7 heteroatoms. The normalized spacial score (nSPS) is 14.2. The number of amides is 1. The number of nitrogens with one attached hydrogen (secondary N) is 1. The van der Waals surface area contributed by atoms with Crippen LogP contribution in [0.15, 0.2) is 47.6 Å². The second kappa shape index (κ2) is 13.5. The van der Waals surface area contributed by atoms with Gasteiger partial charge in [0.2, 0.25) is 0 Å². The molecule has 1 amide bonds. The lowest BCUT2D eigenvalue weighted by Gasteiger charge is -2.26. The Morgan fingerprint density at radius 2 is 1.82 bits per heavy atom. The van der Waals surface area contributed by atoms with Gasteiger partial charge < -0.3 is 14.2 Å². The van der Waals surface area contributed by atoms with Gasteiger partial charge in [0, 0.05) is 12.1 Å². The highest BCUT2D eigenvalue weighted by molar-refractivity contribution is 5.95. The predicted octanol–water partition coefficient (Wildman–Crippen LogP) is 4.50. The van der Waals surface area contributed by atoms with Gasteiger partial charge in [-0.15, -0.1) is 0 Å². The van der Waals surface area contributed by atoms with Crippen molar-refractivity contribution < 1.29 is 19.0 Å². The van der Waals surface area contributed by atoms with Gasteiger partial charge >= 0.3 is 0 Å². The lowest BCUT2D eigenvalue weighted by molar-refractivity contribution is 0.0955. The number of likely N-dealkylation sites (tertiary alicyclic amines) is 1. The summed E-state index contributed by atoms with van der Waals surface area (Å²) in [5.74, 6) is 1.82. The quantitative estimate of drug-likeness (QED) is 0.291. The van der Waals surface area contributed by atoms with Gasteiger partial charge in [-0.25, -0.2) is 5.43 Å². The Kier molecular flexibility index (Phi) is 10.0. The third-order valence-electron chi connectivity index (χ3n) is 5.56. The SMILES string of the molecule is CCCCOc1ccc(C(=O)N/N=C/c2ccc(OCCN3CCCCC3)c(OC)c2)cc1. The molecule has 1 aliphatic heterocycles. The van der Waals surface area contributed by atoms with Gasteiger partial charge in [-0.3, -0.25) is 9.69 Å². The Morgan fingerprint density at radius 3 is 2.55 bits per heavy atom. The highest BCUT2D eigenvalue weighted by atomic mass is 16.5. The Balaban J connectivity index is 1.48. The molecule has 1 heterocycles. The minimum atomic E-state index is -0.281. The van der Waals surface area contributed by atoms with Crippen molar-refractivity contribution in [3.63, 3.8) is 0 Å². The van der Waals surface area contributed by atoms with Crippen LogP contribution in [0, 0.1) is 0 Å². The number of carbonyl (C=O) groups is 1. The molecular formula is C26H35N3O4. The molecule has 0 saturated carbocycles. The van der Waals surface area contributed by atoms with E-state index in [-0.39, 0.29) is 5.91 Å². The van der Waals surface area contributed by atoms with E-state index in [1.165, 1.54) is 19.3 Å². The zero-order valence-corrected chi connectivity index (χ0v) is 19.7. The molecule has 2 aromatic carbocycles. The molecule has 1 fully saturated rings. The van der Waals surface area contributed by atoms with Gasteiger partial charge in [0.15, 0.2) is 11.5 Å². The molecule has 1 saturated heterocycles. The summed E-state index contributed by atoms with van der Waals surface area (Å²) in [4.78, 5) is 14.8. The number of piperidine rings is 1. The fourth-order valence-corrected chi connectivity index (χ4v) is 3.62. The van der Waals surface area contributed by atoms with Gasteiger partial charge in [-0.2, -0.15) is 5.10 Å². The number of nitrogens with zero attached hydrogens (tertiary/aromatic N) is 2. The molecule has 1 aliphatic rings. The van der Waals surface area contributed by atoms with E-state index < -0.39 is 0 Å². The summed E-state index contributed by atoms with van der Waals surface area (Å²) >= 11 is 0. The number of rotatable bonds is 12. The van der Waals surface area contributed by atoms with E-state index in [1.807, 2.05) is 18.2 Å². The van der Waals surface area contributed by atoms with E-state index >= 15 is 0 Å². The minimum Gasteiger partial charge on any atom is -0.494 e. The van der Waals surface area contributed by atoms with Gasteiger partial charge in [-0.1, -0.05) is 19.8 Å². The fraction of sp³-hybridized carbons (Fsp3) is 0.462. The van der Waals surface area contributed by atoms with Crippen LogP contribution >= 0.6 is 0 Å². The third kappa shape index (κ3) is 8.09. The monoisotopic (exact) mass is 453 g/mol. The number of hydrogen-bond donors (Lipinski definition) is 1. The van der Waals surface area contributed by atoms with Crippen LogP contribution in [-0.2, 0) is 0 Å². The summed E-state index contributed by atoms with van der Waals surface area (Å²) in [6, 6.07) is 12.6. The van der Waals surface area contributed by atoms with E-state index in [4.69, 9.17) is 14.2 Å². The first-order valence-corrected chi connectivity index (χ1v) is 11.8. The molecule has 0 aliphatic carbocycles. The summed E-state index contributed by atoms with van der Waals surface area (Å²) in [7, 11) is 1.62. The van der Waals surface area contributed by atoms with E-state index in [0.717, 1.165) is 43.8 Å². The predicted molar refractivity (Wildman–Crippen MR) is 131 cm³/mol. The number of ether oxygens (including phenoxy) is 3. The van der Waals surface area contributed by atoms with E-state index in [1.54, 1.807) is 37.6 Å². The molecule has 0 spiro atoms. The van der Waals surface area contributed by atoms with E-state index in [0.29, 0.717) is 30.3 Å². The first kappa shape index (κ1) is 24.6. The molecule has 33 heavy (non-hydrogen) atoms. The highest BCUT2D eigenvalue weighted by Gasteiger charge is 2.11. The minimum absolute atomic E-state index is 0.281. The Bertz CT molecular complexity index is 893. The average molecular weight is 454 g/mol. The van der Waals surface area contributed by atoms with Crippen LogP contribution in [-0.4, -0.2) is 57.0 Å². The maximum Gasteiger partial charge on any atom is 0.271 e. The van der Waals surface area contributed by atoms with Crippen LogP contribution in [0.3, 0.4) is 0 Å². The molecular weight excluding hydrogens is 418 g/mol. The van der Waals surface area contributed by atoms with Crippen molar-refractivity contribution in [2.45, 2.75) is 39.0 Å². The first-order valence-electron chi connectivity index (χ1n) is 11.8. The molecule has 1 N–H and O–H groups in total. The van der Waals surface area contributed by atoms with Crippen molar-refractivity contribution in [3.05, 3.63) is 53.6 Å². The zero-order chi connectivity index (χ0) is 23.3. The van der Waals surface area contributed by atoms with E-state index in [2.05, 4.69) is 22.4 Å². The van der Waals surface area contributed by atoms with Gasteiger partial charge in [0.05, 0.1) is 19.9 Å². The number of carbonyl (C=O) groups excluding carboxylic acids is 1. The molecule has 0 atom stereocenters. The standard InChI is InChI=1S/C26H35N3O4/c1-3-4-17-32-23-11-9-22(10-12-23)26(30)28-27-20-21-8-13-24(25(19-21)31-2)33-18-16-29-14-6-5-7-15-29/h8-13,19-20H,3-7,14-18H2,1-2H3,(H,28,30)/b27-20+. The first-order chi connectivity index (χ1) is 16.2. The van der Waals surface area contributed by atoms with Gasteiger partial charge in [0.25, 0.3) is 5.91 Å². The van der Waals surface area contributed by atoms with Crippen LogP contribution in [0.4, 0.5) is 0 Å². The Morgan fingerprint density at radius 1 is 1.03 bits per heavy atom. The summed E-state index contributed by atoms with van der Waals surface area (Å²) < 4.78 is 17.0. The zero-order valence-electron chi connectivity index (χ0n) is 19.7. The second-order valence-electron chi connectivity index (χ2n) is 8.09. The van der Waals surface area contributed by atoms with Gasteiger partial charge in [0.1, 0.15) is 12.4 Å². The van der Waals surface area contributed by atoms with Crippen LogP contribution in [0.25, 0.3) is 0 Å². The lowest BCUT2D eigenvalue weighted by atomic mass is 10.1. The summed E-state index contributed by atoms with van der Waals surface area (Å²) in [5, 5.41) is 4.07. The highest BCUT2D eigenvalue weighted by Crippen LogP contribution is 2.27. The summed E-state index contributed by atoms with van der Waals surface area (Å²) in [6.07, 6.45) is 7.54. The summed E-state index contributed by atoms with van der Waals surface area (Å²) in [6.45, 7) is 6.65. The molecule has 7 nitrogen and oxygen atoms in total. The molecule has 0 bridgehead atoms. The molecule has 178 valence electrons. The lowest BCUT2D eigenvalue weighted by Crippen LogP contribution is -2.33. The number of methoxy groups -OCH3 is 1. The number of benzene rings is 2. The van der Waals surface area contributed by atoms with Crippen LogP contribution in [0.1, 0.15) is 54.9 Å². The molecule has 2 aromatic rings. The number of unbranched alkanes of at least 4 members (excludes halogenated alkanes) is 1. The number of hydrazone groups is 1. The Hall–Kier alpha value is -3.06. The van der Waals surface area contributed by atoms with Crippen molar-refractivity contribution in [2.24, 2.45) is 5.10 Å². The molecule has 0 aromatic heterocycles. The number of hydrogen-bond acceptors (Lipinski definition) is 6. The van der Waals surface area contributed by atoms with Crippen molar-refractivity contribution in [1.82, 2.24) is 10.3 Å². The molecule has 3 rings (SSSR count). The third-order valence-corrected chi connectivity index (χ3v) is 5.56. The van der Waals surface area contributed by atoms with Crippen LogP contribution in [0.5, 0.6) is 17.2 Å². The average Bonchev–Trinajstić information content (AvgIpc) is 2.86. The van der Waals surface area contributed by atoms with Crippen LogP contribution in [0.2, 0.25) is 0 Å². The largest absolute Gasteiger partial charge is 0.494 e. The summed E-state index contributed by atoms with van der Waals surface area (Å²) in [5.41, 5.74) is 3.87. The maximum atomic E-state index is 12.3. The van der Waals surface area contributed by atoms with Crippen molar-refractivity contribution >= 4 is 12.1 Å². The molecule has 0 unspecified atom stereocenters. The Labute approximate surface area is 196 Å². The fourth-order valence-electron chi connectivity index (χ4n) is 3.62. The topological polar surface area (TPSA) is 72.4 Å². The second-order valence-corrected chi connectivity index (χ2v) is 8.09.